The molecule has 0 aromatic rings. The lowest BCUT2D eigenvalue weighted by Crippen LogP contribution is -2.55. The Morgan fingerprint density at radius 1 is 1.15 bits per heavy atom. The number of halogens is 6. The molecule has 3 aliphatic carbocycles. The number of ketones is 1. The van der Waals surface area contributed by atoms with Crippen LogP contribution in [0.3, 0.4) is 0 Å². The number of aliphatic hydroxyl groups is 1. The van der Waals surface area contributed by atoms with Gasteiger partial charge in [-0.2, -0.15) is 26.3 Å². The number of fused-ring (bicyclic) bond motifs is 1. The molecule has 0 bridgehead atoms. The van der Waals surface area contributed by atoms with E-state index in [9.17, 15) is 31.1 Å². The standard InChI is InChI=1S/C19H20F6O2/c1-15-7-2-4-13(26)12(15)5-6-14(15)16(10-11-16)8-3-9-17(27,18(20,21)22)19(23,24)25/h6,12,27H,2,4-5,7-8,10-11H2,1H3/t12-,15+/m0/s1. The lowest BCUT2D eigenvalue weighted by Gasteiger charge is -2.40. The third kappa shape index (κ3) is 3.08. The van der Waals surface area contributed by atoms with Crippen LogP contribution in [0.4, 0.5) is 26.3 Å². The van der Waals surface area contributed by atoms with Crippen molar-refractivity contribution in [1.82, 2.24) is 0 Å². The molecule has 2 atom stereocenters. The van der Waals surface area contributed by atoms with E-state index in [0.29, 0.717) is 25.7 Å². The summed E-state index contributed by atoms with van der Waals surface area (Å²) in [7, 11) is 0. The predicted molar refractivity (Wildman–Crippen MR) is 84.3 cm³/mol. The molecule has 0 radical (unpaired) electrons. The molecule has 0 heterocycles. The topological polar surface area (TPSA) is 37.3 Å². The number of hydrogen-bond acceptors (Lipinski definition) is 2. The fraction of sp³-hybridized carbons (Fsp3) is 0.737. The van der Waals surface area contributed by atoms with Crippen molar-refractivity contribution in [1.29, 1.82) is 0 Å². The minimum absolute atomic E-state index is 0.158. The number of hydrogen-bond donors (Lipinski definition) is 1. The van der Waals surface area contributed by atoms with Crippen LogP contribution in [0.5, 0.6) is 0 Å². The van der Waals surface area contributed by atoms with E-state index in [-0.39, 0.29) is 18.1 Å². The van der Waals surface area contributed by atoms with Crippen molar-refractivity contribution in [3.05, 3.63) is 11.6 Å². The van der Waals surface area contributed by atoms with E-state index >= 15 is 0 Å². The summed E-state index contributed by atoms with van der Waals surface area (Å²) < 4.78 is 76.4. The van der Waals surface area contributed by atoms with E-state index in [1.54, 1.807) is 0 Å². The van der Waals surface area contributed by atoms with Gasteiger partial charge in [0, 0.05) is 24.2 Å². The highest BCUT2D eigenvalue weighted by atomic mass is 19.4. The van der Waals surface area contributed by atoms with E-state index < -0.39 is 28.8 Å². The third-order valence-corrected chi connectivity index (χ3v) is 6.39. The van der Waals surface area contributed by atoms with Crippen LogP contribution >= 0.6 is 0 Å². The van der Waals surface area contributed by atoms with Gasteiger partial charge in [0.15, 0.2) is 0 Å². The number of alkyl halides is 6. The Morgan fingerprint density at radius 3 is 2.26 bits per heavy atom. The van der Waals surface area contributed by atoms with Gasteiger partial charge < -0.3 is 5.11 Å². The second-order valence-electron chi connectivity index (χ2n) is 8.11. The van der Waals surface area contributed by atoms with Gasteiger partial charge in [-0.1, -0.05) is 24.5 Å². The van der Waals surface area contributed by atoms with Crippen molar-refractivity contribution in [3.63, 3.8) is 0 Å². The minimum atomic E-state index is -5.94. The second kappa shape index (κ2) is 6.00. The maximum Gasteiger partial charge on any atom is 0.438 e. The molecule has 0 unspecified atom stereocenters. The van der Waals surface area contributed by atoms with Crippen LogP contribution in [0.1, 0.15) is 51.9 Å². The number of rotatable bonds is 2. The van der Waals surface area contributed by atoms with E-state index in [1.165, 1.54) is 0 Å². The van der Waals surface area contributed by atoms with E-state index in [4.69, 9.17) is 5.11 Å². The highest BCUT2D eigenvalue weighted by Crippen LogP contribution is 2.66. The average molecular weight is 394 g/mol. The molecule has 0 aromatic heterocycles. The molecule has 150 valence electrons. The Hall–Kier alpha value is -1.49. The SMILES string of the molecule is C[C@@]12CCCC(=O)[C@@H]1CC=C2C1(CC#CC(O)(C(F)(F)F)C(F)(F)F)CC1. The highest BCUT2D eigenvalue weighted by molar-refractivity contribution is 5.84. The summed E-state index contributed by atoms with van der Waals surface area (Å²) in [4.78, 5) is 12.2. The van der Waals surface area contributed by atoms with Crippen LogP contribution in [0.2, 0.25) is 0 Å². The van der Waals surface area contributed by atoms with Gasteiger partial charge in [0.25, 0.3) is 0 Å². The molecule has 1 N–H and O–H groups in total. The van der Waals surface area contributed by atoms with Gasteiger partial charge in [0.05, 0.1) is 0 Å². The largest absolute Gasteiger partial charge is 0.438 e. The zero-order valence-electron chi connectivity index (χ0n) is 14.7. The Bertz CT molecular complexity index is 718. The quantitative estimate of drug-likeness (QED) is 0.418. The van der Waals surface area contributed by atoms with Crippen LogP contribution in [-0.4, -0.2) is 28.8 Å². The Labute approximate surface area is 153 Å². The molecule has 3 rings (SSSR count). The first-order valence-corrected chi connectivity index (χ1v) is 8.87. The van der Waals surface area contributed by atoms with E-state index in [0.717, 1.165) is 24.3 Å². The van der Waals surface area contributed by atoms with Crippen LogP contribution in [0, 0.1) is 28.6 Å². The molecule has 0 spiro atoms. The highest BCUT2D eigenvalue weighted by Gasteiger charge is 2.70. The van der Waals surface area contributed by atoms with Gasteiger partial charge in [-0.15, -0.1) is 0 Å². The number of allylic oxidation sites excluding steroid dienone is 2. The molecule has 8 heteroatoms. The van der Waals surface area contributed by atoms with Gasteiger partial charge >= 0.3 is 18.0 Å². The Balaban J connectivity index is 1.84. The fourth-order valence-corrected chi connectivity index (χ4v) is 4.67. The first-order valence-electron chi connectivity index (χ1n) is 8.87. The molecular formula is C19H20F6O2. The van der Waals surface area contributed by atoms with E-state index in [2.05, 4.69) is 0 Å². The maximum atomic E-state index is 12.7. The fourth-order valence-electron chi connectivity index (χ4n) is 4.67. The molecule has 2 saturated carbocycles. The van der Waals surface area contributed by atoms with Crippen molar-refractivity contribution in [3.8, 4) is 11.8 Å². The van der Waals surface area contributed by atoms with Crippen molar-refractivity contribution in [2.75, 3.05) is 0 Å². The van der Waals surface area contributed by atoms with Crippen LogP contribution in [0.25, 0.3) is 0 Å². The molecule has 0 amide bonds. The zero-order chi connectivity index (χ0) is 20.3. The summed E-state index contributed by atoms with van der Waals surface area (Å²) in [6.07, 6.45) is -6.32. The summed E-state index contributed by atoms with van der Waals surface area (Å²) in [5, 5.41) is 9.16. The third-order valence-electron chi connectivity index (χ3n) is 6.39. The molecule has 0 aromatic carbocycles. The number of carbonyl (C=O) groups excluding carboxylic acids is 1. The van der Waals surface area contributed by atoms with Crippen LogP contribution in [0.15, 0.2) is 11.6 Å². The minimum Gasteiger partial charge on any atom is -0.363 e. The van der Waals surface area contributed by atoms with Crippen molar-refractivity contribution in [2.45, 2.75) is 69.8 Å². The molecule has 0 aliphatic heterocycles. The first kappa shape index (κ1) is 20.2. The van der Waals surface area contributed by atoms with Gasteiger partial charge in [-0.25, -0.2) is 0 Å². The maximum absolute atomic E-state index is 12.7. The van der Waals surface area contributed by atoms with Gasteiger partial charge in [-0.05, 0) is 43.4 Å². The molecule has 3 aliphatic rings. The monoisotopic (exact) mass is 394 g/mol. The summed E-state index contributed by atoms with van der Waals surface area (Å²) in [6, 6.07) is 0. The van der Waals surface area contributed by atoms with Gasteiger partial charge in [0.1, 0.15) is 5.78 Å². The van der Waals surface area contributed by atoms with E-state index in [1.807, 2.05) is 18.9 Å². The normalized spacial score (nSPS) is 30.3. The summed E-state index contributed by atoms with van der Waals surface area (Å²) in [5.74, 6) is 3.04. The van der Waals surface area contributed by atoms with Gasteiger partial charge in [0.2, 0.25) is 0 Å². The van der Waals surface area contributed by atoms with Crippen molar-refractivity contribution >= 4 is 5.78 Å². The number of carbonyl (C=O) groups is 1. The lowest BCUT2D eigenvalue weighted by atomic mass is 9.62. The lowest BCUT2D eigenvalue weighted by molar-refractivity contribution is -0.343. The summed E-state index contributed by atoms with van der Waals surface area (Å²) in [5.41, 5.74) is -5.05. The summed E-state index contributed by atoms with van der Waals surface area (Å²) >= 11 is 0. The Morgan fingerprint density at radius 2 is 1.74 bits per heavy atom. The average Bonchev–Trinajstić information content (AvgIpc) is 3.19. The molecule has 27 heavy (non-hydrogen) atoms. The Kier molecular flexibility index (Phi) is 4.50. The van der Waals surface area contributed by atoms with Crippen molar-refractivity contribution < 1.29 is 36.2 Å². The van der Waals surface area contributed by atoms with Crippen molar-refractivity contribution in [2.24, 2.45) is 16.7 Å². The molecule has 2 nitrogen and oxygen atoms in total. The summed E-state index contributed by atoms with van der Waals surface area (Å²) in [6.45, 7) is 1.96. The smallest absolute Gasteiger partial charge is 0.363 e. The number of Topliss-reactive ketones (excluding diaryl/α,β-unsaturated/α-hetero) is 1. The van der Waals surface area contributed by atoms with Crippen LogP contribution < -0.4 is 0 Å². The first-order chi connectivity index (χ1) is 12.3. The molecule has 2 fully saturated rings. The predicted octanol–water partition coefficient (Wildman–Crippen LogP) is 4.72. The van der Waals surface area contributed by atoms with Crippen LogP contribution in [-0.2, 0) is 4.79 Å². The second-order valence-corrected chi connectivity index (χ2v) is 8.11. The molecular weight excluding hydrogens is 374 g/mol. The van der Waals surface area contributed by atoms with Gasteiger partial charge in [-0.3, -0.25) is 4.79 Å². The molecule has 0 saturated heterocycles. The zero-order valence-corrected chi connectivity index (χ0v) is 14.7.